The van der Waals surface area contributed by atoms with E-state index in [1.54, 1.807) is 28.1 Å². The summed E-state index contributed by atoms with van der Waals surface area (Å²) < 4.78 is 21.1. The first-order chi connectivity index (χ1) is 18.2. The summed E-state index contributed by atoms with van der Waals surface area (Å²) in [6.45, 7) is 5.60. The van der Waals surface area contributed by atoms with Gasteiger partial charge in [-0.15, -0.1) is 11.3 Å². The van der Waals surface area contributed by atoms with Gasteiger partial charge in [-0.3, -0.25) is 0 Å². The number of nitrogens with one attached hydrogen (secondary N) is 1. The number of rotatable bonds is 7. The van der Waals surface area contributed by atoms with Crippen LogP contribution in [-0.2, 0) is 19.1 Å². The molecule has 0 spiro atoms. The van der Waals surface area contributed by atoms with E-state index in [0.29, 0.717) is 34.0 Å². The van der Waals surface area contributed by atoms with Crippen molar-refractivity contribution in [1.29, 1.82) is 0 Å². The maximum absolute atomic E-state index is 13.0. The molecule has 0 amide bonds. The molecule has 0 aliphatic carbocycles. The van der Waals surface area contributed by atoms with E-state index < -0.39 is 17.9 Å². The Hall–Kier alpha value is -4.11. The number of benzene rings is 2. The molecular weight excluding hydrogens is 504 g/mol. The average molecular weight is 535 g/mol. The van der Waals surface area contributed by atoms with Crippen molar-refractivity contribution < 1.29 is 28.5 Å². The number of thiazole rings is 1. The highest BCUT2D eigenvalue weighted by molar-refractivity contribution is 7.15. The van der Waals surface area contributed by atoms with Crippen molar-refractivity contribution in [2.24, 2.45) is 0 Å². The van der Waals surface area contributed by atoms with Gasteiger partial charge < -0.3 is 24.3 Å². The lowest BCUT2D eigenvalue weighted by Gasteiger charge is -2.31. The highest BCUT2D eigenvalue weighted by Crippen LogP contribution is 2.45. The highest BCUT2D eigenvalue weighted by atomic mass is 32.1. The van der Waals surface area contributed by atoms with Gasteiger partial charge in [0.1, 0.15) is 5.01 Å². The number of hydrogen-bond acceptors (Lipinski definition) is 9. The van der Waals surface area contributed by atoms with E-state index in [1.165, 1.54) is 25.6 Å². The first kappa shape index (κ1) is 26.9. The average Bonchev–Trinajstić information content (AvgIpc) is 3.32. The van der Waals surface area contributed by atoms with Crippen LogP contribution in [0.25, 0.3) is 21.8 Å². The van der Waals surface area contributed by atoms with Gasteiger partial charge in [0.2, 0.25) is 0 Å². The zero-order valence-electron chi connectivity index (χ0n) is 22.4. The maximum Gasteiger partial charge on any atom is 0.336 e. The molecule has 0 unspecified atom stereocenters. The van der Waals surface area contributed by atoms with E-state index in [4.69, 9.17) is 23.9 Å². The predicted octanol–water partition coefficient (Wildman–Crippen LogP) is 5.38. The van der Waals surface area contributed by atoms with E-state index >= 15 is 0 Å². The molecule has 38 heavy (non-hydrogen) atoms. The molecule has 9 heteroatoms. The summed E-state index contributed by atoms with van der Waals surface area (Å²) in [5.74, 6) is -0.507. The molecule has 3 aromatic rings. The fourth-order valence-electron chi connectivity index (χ4n) is 4.77. The van der Waals surface area contributed by atoms with Gasteiger partial charge in [0.15, 0.2) is 11.5 Å². The molecule has 0 saturated heterocycles. The fourth-order valence-corrected chi connectivity index (χ4v) is 5.76. The molecule has 0 saturated carbocycles. The number of dihydropyridines is 1. The SMILES string of the molecule is COC(=O)C1=C(C)NC(C)=C(C(=O)OC)C1c1ccccc1-c1nc(-c2ccc(OC)c(OC)c2)c(C)s1. The van der Waals surface area contributed by atoms with Gasteiger partial charge in [-0.25, -0.2) is 14.6 Å². The summed E-state index contributed by atoms with van der Waals surface area (Å²) in [5, 5.41) is 3.90. The van der Waals surface area contributed by atoms with Crippen LogP contribution in [0.3, 0.4) is 0 Å². The van der Waals surface area contributed by atoms with Crippen molar-refractivity contribution in [3.05, 3.63) is 75.4 Å². The Morgan fingerprint density at radius 2 is 1.45 bits per heavy atom. The molecule has 1 N–H and O–H groups in total. The second kappa shape index (κ2) is 11.1. The van der Waals surface area contributed by atoms with Crippen LogP contribution >= 0.6 is 11.3 Å². The monoisotopic (exact) mass is 534 g/mol. The summed E-state index contributed by atoms with van der Waals surface area (Å²) >= 11 is 1.53. The number of ether oxygens (including phenoxy) is 4. The fraction of sp³-hybridized carbons (Fsp3) is 0.276. The van der Waals surface area contributed by atoms with E-state index in [0.717, 1.165) is 32.3 Å². The number of nitrogens with zero attached hydrogens (tertiary/aromatic N) is 1. The zero-order chi connectivity index (χ0) is 27.6. The third-order valence-corrected chi connectivity index (χ3v) is 7.53. The summed E-state index contributed by atoms with van der Waals surface area (Å²) in [7, 11) is 5.85. The Morgan fingerprint density at radius 3 is 2.03 bits per heavy atom. The van der Waals surface area contributed by atoms with Crippen LogP contribution in [0.4, 0.5) is 0 Å². The Kier molecular flexibility index (Phi) is 7.87. The summed E-state index contributed by atoms with van der Waals surface area (Å²) in [6, 6.07) is 13.3. The lowest BCUT2D eigenvalue weighted by molar-refractivity contribution is -0.137. The van der Waals surface area contributed by atoms with Crippen LogP contribution in [0.5, 0.6) is 11.5 Å². The molecule has 1 aliphatic rings. The minimum absolute atomic E-state index is 0.347. The number of allylic oxidation sites excluding steroid dienone is 2. The van der Waals surface area contributed by atoms with Gasteiger partial charge in [0.05, 0.1) is 51.2 Å². The van der Waals surface area contributed by atoms with E-state index in [9.17, 15) is 9.59 Å². The van der Waals surface area contributed by atoms with E-state index in [-0.39, 0.29) is 0 Å². The zero-order valence-corrected chi connectivity index (χ0v) is 23.2. The molecule has 198 valence electrons. The molecule has 2 heterocycles. The standard InChI is InChI=1S/C29H30N2O6S/c1-15-23(28(32)36-6)25(24(16(2)30-15)29(33)37-7)19-10-8-9-11-20(19)27-31-26(17(3)38-27)18-12-13-21(34-4)22(14-18)35-5/h8-14,25,30H,1-7H3. The molecule has 8 nitrogen and oxygen atoms in total. The van der Waals surface area contributed by atoms with Gasteiger partial charge in [-0.05, 0) is 44.5 Å². The minimum atomic E-state index is -0.707. The van der Waals surface area contributed by atoms with Crippen LogP contribution < -0.4 is 14.8 Å². The van der Waals surface area contributed by atoms with Crippen LogP contribution in [-0.4, -0.2) is 45.4 Å². The third-order valence-electron chi connectivity index (χ3n) is 6.53. The Bertz CT molecular complexity index is 1430. The van der Waals surface area contributed by atoms with Gasteiger partial charge in [0, 0.05) is 27.4 Å². The van der Waals surface area contributed by atoms with E-state index in [1.807, 2.05) is 49.4 Å². The topological polar surface area (TPSA) is 96.0 Å². The Balaban J connectivity index is 1.90. The quantitative estimate of drug-likeness (QED) is 0.404. The molecule has 0 bridgehead atoms. The van der Waals surface area contributed by atoms with Crippen LogP contribution in [0.1, 0.15) is 30.2 Å². The van der Waals surface area contributed by atoms with Crippen molar-refractivity contribution >= 4 is 23.3 Å². The number of esters is 2. The number of aromatic nitrogens is 1. The van der Waals surface area contributed by atoms with Crippen molar-refractivity contribution in [3.63, 3.8) is 0 Å². The second-order valence-corrected chi connectivity index (χ2v) is 9.90. The number of aryl methyl sites for hydroxylation is 1. The van der Waals surface area contributed by atoms with E-state index in [2.05, 4.69) is 5.32 Å². The number of carbonyl (C=O) groups excluding carboxylic acids is 2. The van der Waals surface area contributed by atoms with Crippen molar-refractivity contribution in [1.82, 2.24) is 10.3 Å². The Morgan fingerprint density at radius 1 is 0.842 bits per heavy atom. The van der Waals surface area contributed by atoms with Gasteiger partial charge in [-0.1, -0.05) is 24.3 Å². The first-order valence-corrected chi connectivity index (χ1v) is 12.7. The molecule has 1 aliphatic heterocycles. The molecule has 2 aromatic carbocycles. The lowest BCUT2D eigenvalue weighted by Crippen LogP contribution is -2.32. The lowest BCUT2D eigenvalue weighted by atomic mass is 9.78. The molecular formula is C29H30N2O6S. The van der Waals surface area contributed by atoms with Crippen molar-refractivity contribution in [3.8, 4) is 33.3 Å². The maximum atomic E-state index is 13.0. The van der Waals surface area contributed by atoms with Gasteiger partial charge >= 0.3 is 11.9 Å². The molecule has 0 radical (unpaired) electrons. The largest absolute Gasteiger partial charge is 0.493 e. The Labute approximate surface area is 225 Å². The normalized spacial score (nSPS) is 13.8. The van der Waals surface area contributed by atoms with Crippen molar-refractivity contribution in [2.75, 3.05) is 28.4 Å². The van der Waals surface area contributed by atoms with Crippen molar-refractivity contribution in [2.45, 2.75) is 26.7 Å². The summed E-state index contributed by atoms with van der Waals surface area (Å²) in [6.07, 6.45) is 0. The van der Waals surface area contributed by atoms with Crippen LogP contribution in [0.15, 0.2) is 65.0 Å². The van der Waals surface area contributed by atoms with Gasteiger partial charge in [0.25, 0.3) is 0 Å². The molecule has 4 rings (SSSR count). The molecule has 1 aromatic heterocycles. The number of methoxy groups -OCH3 is 4. The number of carbonyl (C=O) groups is 2. The summed E-state index contributed by atoms with van der Waals surface area (Å²) in [4.78, 5) is 32.0. The molecule has 0 atom stereocenters. The summed E-state index contributed by atoms with van der Waals surface area (Å²) in [5.41, 5.74) is 5.18. The molecule has 0 fully saturated rings. The number of hydrogen-bond donors (Lipinski definition) is 1. The first-order valence-electron chi connectivity index (χ1n) is 11.9. The minimum Gasteiger partial charge on any atom is -0.493 e. The van der Waals surface area contributed by atoms with Crippen LogP contribution in [0, 0.1) is 6.92 Å². The highest BCUT2D eigenvalue weighted by Gasteiger charge is 2.39. The van der Waals surface area contributed by atoms with Gasteiger partial charge in [-0.2, -0.15) is 0 Å². The van der Waals surface area contributed by atoms with Crippen LogP contribution in [0.2, 0.25) is 0 Å². The smallest absolute Gasteiger partial charge is 0.336 e. The predicted molar refractivity (Wildman–Crippen MR) is 146 cm³/mol. The second-order valence-electron chi connectivity index (χ2n) is 8.70. The third kappa shape index (κ3) is 4.77.